The Balaban J connectivity index is 1.35. The predicted octanol–water partition coefficient (Wildman–Crippen LogP) is 2.75. The van der Waals surface area contributed by atoms with Crippen molar-refractivity contribution < 1.29 is 28.4 Å². The molecular formula is C25H30FN3O5. The zero-order chi connectivity index (χ0) is 23.8. The Bertz CT molecular complexity index is 1050. The number of aliphatic hydroxyl groups is 1. The molecule has 1 aliphatic rings. The average molecular weight is 472 g/mol. The Hall–Kier alpha value is -3.14. The third kappa shape index (κ3) is 6.69. The van der Waals surface area contributed by atoms with E-state index in [1.807, 2.05) is 30.5 Å². The van der Waals surface area contributed by atoms with Crippen LogP contribution in [0.15, 0.2) is 60.9 Å². The molecule has 1 aliphatic heterocycles. The molecule has 0 radical (unpaired) electrons. The highest BCUT2D eigenvalue weighted by Crippen LogP contribution is 2.29. The van der Waals surface area contributed by atoms with Gasteiger partial charge in [-0.25, -0.2) is 4.39 Å². The van der Waals surface area contributed by atoms with Crippen molar-refractivity contribution in [3.8, 4) is 17.2 Å². The van der Waals surface area contributed by atoms with E-state index in [1.54, 1.807) is 30.1 Å². The maximum Gasteiger partial charge on any atom is 0.161 e. The second-order valence-electron chi connectivity index (χ2n) is 8.34. The number of aromatic nitrogens is 2. The smallest absolute Gasteiger partial charge is 0.161 e. The summed E-state index contributed by atoms with van der Waals surface area (Å²) < 4.78 is 37.9. The van der Waals surface area contributed by atoms with Crippen LogP contribution in [-0.2, 0) is 17.8 Å². The van der Waals surface area contributed by atoms with E-state index in [-0.39, 0.29) is 19.0 Å². The second-order valence-corrected chi connectivity index (χ2v) is 8.34. The van der Waals surface area contributed by atoms with E-state index < -0.39 is 5.60 Å². The minimum absolute atomic E-state index is 0.000690. The van der Waals surface area contributed by atoms with Crippen molar-refractivity contribution in [3.05, 3.63) is 72.3 Å². The highest BCUT2D eigenvalue weighted by molar-refractivity contribution is 5.43. The summed E-state index contributed by atoms with van der Waals surface area (Å²) in [6, 6.07) is 13.6. The molecule has 8 nitrogen and oxygen atoms in total. The van der Waals surface area contributed by atoms with Gasteiger partial charge in [0.2, 0.25) is 0 Å². The van der Waals surface area contributed by atoms with Crippen molar-refractivity contribution in [2.45, 2.75) is 18.7 Å². The van der Waals surface area contributed by atoms with Gasteiger partial charge in [-0.1, -0.05) is 12.1 Å². The summed E-state index contributed by atoms with van der Waals surface area (Å²) in [7, 11) is 1.61. The van der Waals surface area contributed by atoms with E-state index in [0.29, 0.717) is 56.6 Å². The third-order valence-corrected chi connectivity index (χ3v) is 5.52. The number of halogens is 1. The topological polar surface area (TPSA) is 78.2 Å². The molecule has 0 unspecified atom stereocenters. The quantitative estimate of drug-likeness (QED) is 0.487. The fraction of sp³-hybridized carbons (Fsp3) is 0.400. The maximum absolute atomic E-state index is 13.4. The lowest BCUT2D eigenvalue weighted by molar-refractivity contribution is -0.0647. The first kappa shape index (κ1) is 24.0. The number of hydrogen-bond acceptors (Lipinski definition) is 7. The molecule has 0 saturated carbocycles. The summed E-state index contributed by atoms with van der Waals surface area (Å²) in [6.07, 6.45) is 3.62. The minimum Gasteiger partial charge on any atom is -0.493 e. The molecule has 34 heavy (non-hydrogen) atoms. The standard InChI is InChI=1S/C25H30FN3O5/c1-31-24-14-20(6-7-23(24)33-13-11-29-9-3-8-27-29)16-28-10-12-32-18-25(30,17-28)19-34-22-5-2-4-21(26)15-22/h2-9,14-15,30H,10-13,16-19H2,1H3/t25-/m1/s1. The fourth-order valence-corrected chi connectivity index (χ4v) is 3.86. The summed E-state index contributed by atoms with van der Waals surface area (Å²) in [6.45, 7) is 3.36. The zero-order valence-electron chi connectivity index (χ0n) is 19.2. The van der Waals surface area contributed by atoms with Gasteiger partial charge in [0.25, 0.3) is 0 Å². The van der Waals surface area contributed by atoms with Gasteiger partial charge < -0.3 is 24.1 Å². The first-order valence-corrected chi connectivity index (χ1v) is 11.2. The van der Waals surface area contributed by atoms with Gasteiger partial charge in [-0.3, -0.25) is 9.58 Å². The predicted molar refractivity (Wildman–Crippen MR) is 124 cm³/mol. The molecule has 1 aromatic heterocycles. The summed E-state index contributed by atoms with van der Waals surface area (Å²) in [5, 5.41) is 15.3. The Morgan fingerprint density at radius 3 is 2.85 bits per heavy atom. The number of methoxy groups -OCH3 is 1. The number of hydrogen-bond donors (Lipinski definition) is 1. The molecule has 1 fully saturated rings. The molecule has 0 amide bonds. The van der Waals surface area contributed by atoms with Gasteiger partial charge in [0, 0.05) is 38.1 Å². The molecule has 0 spiro atoms. The van der Waals surface area contributed by atoms with E-state index in [1.165, 1.54) is 12.1 Å². The first-order chi connectivity index (χ1) is 16.5. The normalized spacial score (nSPS) is 18.9. The SMILES string of the molecule is COc1cc(CN2CCOC[C@@](O)(COc3cccc(F)c3)C2)ccc1OCCn1cccn1. The molecule has 3 aromatic rings. The summed E-state index contributed by atoms with van der Waals surface area (Å²) in [4.78, 5) is 2.11. The lowest BCUT2D eigenvalue weighted by Crippen LogP contribution is -2.48. The van der Waals surface area contributed by atoms with Crippen LogP contribution < -0.4 is 14.2 Å². The van der Waals surface area contributed by atoms with E-state index in [2.05, 4.69) is 10.00 Å². The molecule has 4 rings (SSSR count). The van der Waals surface area contributed by atoms with Crippen molar-refractivity contribution in [1.29, 1.82) is 0 Å². The molecule has 0 bridgehead atoms. The van der Waals surface area contributed by atoms with Crippen LogP contribution in [0.25, 0.3) is 0 Å². The van der Waals surface area contributed by atoms with Crippen LogP contribution in [0.2, 0.25) is 0 Å². The van der Waals surface area contributed by atoms with Gasteiger partial charge in [-0.15, -0.1) is 0 Å². The second kappa shape index (κ2) is 11.3. The lowest BCUT2D eigenvalue weighted by atomic mass is 10.1. The van der Waals surface area contributed by atoms with Gasteiger partial charge in [0.15, 0.2) is 11.5 Å². The van der Waals surface area contributed by atoms with Crippen molar-refractivity contribution >= 4 is 0 Å². The van der Waals surface area contributed by atoms with E-state index in [9.17, 15) is 9.50 Å². The van der Waals surface area contributed by atoms with Gasteiger partial charge in [-0.2, -0.15) is 5.10 Å². The van der Waals surface area contributed by atoms with Crippen LogP contribution in [0.1, 0.15) is 5.56 Å². The largest absolute Gasteiger partial charge is 0.493 e. The molecule has 1 N–H and O–H groups in total. The Morgan fingerprint density at radius 1 is 1.15 bits per heavy atom. The summed E-state index contributed by atoms with van der Waals surface area (Å²) >= 11 is 0. The third-order valence-electron chi connectivity index (χ3n) is 5.52. The maximum atomic E-state index is 13.4. The molecule has 2 heterocycles. The Kier molecular flexibility index (Phi) is 7.99. The van der Waals surface area contributed by atoms with E-state index in [4.69, 9.17) is 18.9 Å². The number of ether oxygens (including phenoxy) is 4. The Labute approximate surface area is 198 Å². The van der Waals surface area contributed by atoms with Crippen molar-refractivity contribution in [2.24, 2.45) is 0 Å². The van der Waals surface area contributed by atoms with Gasteiger partial charge in [0.05, 0.1) is 26.9 Å². The van der Waals surface area contributed by atoms with Crippen molar-refractivity contribution in [1.82, 2.24) is 14.7 Å². The monoisotopic (exact) mass is 471 g/mol. The lowest BCUT2D eigenvalue weighted by Gasteiger charge is -2.30. The van der Waals surface area contributed by atoms with E-state index >= 15 is 0 Å². The van der Waals surface area contributed by atoms with Crippen LogP contribution in [0.4, 0.5) is 4.39 Å². The van der Waals surface area contributed by atoms with Gasteiger partial charge in [-0.05, 0) is 35.9 Å². The molecule has 1 atom stereocenters. The molecular weight excluding hydrogens is 441 g/mol. The molecule has 2 aromatic carbocycles. The number of benzene rings is 2. The van der Waals surface area contributed by atoms with Crippen LogP contribution in [0.5, 0.6) is 17.2 Å². The van der Waals surface area contributed by atoms with E-state index in [0.717, 1.165) is 5.56 Å². The Morgan fingerprint density at radius 2 is 2.06 bits per heavy atom. The van der Waals surface area contributed by atoms with Crippen LogP contribution in [-0.4, -0.2) is 72.0 Å². The summed E-state index contributed by atoms with van der Waals surface area (Å²) in [5.41, 5.74) is -0.200. The number of β-amino-alcohol motifs (C(OH)–C–C–N with tert-alkyl or cyclic N) is 1. The van der Waals surface area contributed by atoms with Crippen molar-refractivity contribution in [2.75, 3.05) is 46.6 Å². The van der Waals surface area contributed by atoms with Gasteiger partial charge >= 0.3 is 0 Å². The first-order valence-electron chi connectivity index (χ1n) is 11.2. The van der Waals surface area contributed by atoms with Gasteiger partial charge in [0.1, 0.15) is 30.4 Å². The van der Waals surface area contributed by atoms with Crippen LogP contribution in [0.3, 0.4) is 0 Å². The number of rotatable bonds is 10. The van der Waals surface area contributed by atoms with Crippen LogP contribution in [0, 0.1) is 5.82 Å². The molecule has 9 heteroatoms. The molecule has 0 aliphatic carbocycles. The highest BCUT2D eigenvalue weighted by Gasteiger charge is 2.33. The summed E-state index contributed by atoms with van der Waals surface area (Å²) in [5.74, 6) is 1.30. The molecule has 182 valence electrons. The zero-order valence-corrected chi connectivity index (χ0v) is 19.2. The van der Waals surface area contributed by atoms with Crippen LogP contribution >= 0.6 is 0 Å². The van der Waals surface area contributed by atoms with Crippen molar-refractivity contribution in [3.63, 3.8) is 0 Å². The fourth-order valence-electron chi connectivity index (χ4n) is 3.86. The average Bonchev–Trinajstić information content (AvgIpc) is 3.28. The number of nitrogens with zero attached hydrogens (tertiary/aromatic N) is 3. The minimum atomic E-state index is -1.22. The molecule has 1 saturated heterocycles. The highest BCUT2D eigenvalue weighted by atomic mass is 19.1.